The maximum atomic E-state index is 12.5. The molecule has 0 bridgehead atoms. The van der Waals surface area contributed by atoms with E-state index in [1.807, 2.05) is 48.5 Å². The van der Waals surface area contributed by atoms with Gasteiger partial charge in [0.15, 0.2) is 0 Å². The van der Waals surface area contributed by atoms with E-state index in [9.17, 15) is 4.79 Å². The summed E-state index contributed by atoms with van der Waals surface area (Å²) >= 11 is 0. The van der Waals surface area contributed by atoms with Gasteiger partial charge in [0, 0.05) is 17.4 Å². The molecule has 4 heteroatoms. The summed E-state index contributed by atoms with van der Waals surface area (Å²) in [6, 6.07) is 15.9. The molecule has 0 saturated heterocycles. The van der Waals surface area contributed by atoms with Crippen LogP contribution in [0.2, 0.25) is 0 Å². The number of fused-ring (bicyclic) bond motifs is 1. The fourth-order valence-corrected chi connectivity index (χ4v) is 2.56. The predicted molar refractivity (Wildman–Crippen MR) is 90.8 cm³/mol. The number of benzene rings is 2. The number of hydrogen-bond acceptors (Lipinski definition) is 3. The van der Waals surface area contributed by atoms with Gasteiger partial charge in [-0.2, -0.15) is 0 Å². The highest BCUT2D eigenvalue weighted by molar-refractivity contribution is 5.80. The molecule has 0 spiro atoms. The van der Waals surface area contributed by atoms with E-state index in [4.69, 9.17) is 0 Å². The number of nitrogens with one attached hydrogen (secondary N) is 1. The number of hydrogen-bond donors (Lipinski definition) is 1. The molecule has 1 N–H and O–H groups in total. The lowest BCUT2D eigenvalue weighted by molar-refractivity contribution is 0.899. The zero-order valence-electron chi connectivity index (χ0n) is 13.0. The number of anilines is 1. The molecule has 0 atom stereocenters. The van der Waals surface area contributed by atoms with E-state index >= 15 is 0 Å². The summed E-state index contributed by atoms with van der Waals surface area (Å²) in [7, 11) is 0. The lowest BCUT2D eigenvalue weighted by Crippen LogP contribution is -2.22. The van der Waals surface area contributed by atoms with Gasteiger partial charge in [0.05, 0.1) is 11.0 Å². The molecule has 0 aliphatic carbocycles. The highest BCUT2D eigenvalue weighted by Gasteiger charge is 2.10. The second-order valence-corrected chi connectivity index (χ2v) is 5.68. The Morgan fingerprint density at radius 2 is 1.82 bits per heavy atom. The zero-order valence-corrected chi connectivity index (χ0v) is 13.0. The van der Waals surface area contributed by atoms with Crippen molar-refractivity contribution in [2.75, 3.05) is 5.32 Å². The van der Waals surface area contributed by atoms with Crippen molar-refractivity contribution in [1.82, 2.24) is 9.55 Å². The Kier molecular flexibility index (Phi) is 3.67. The molecular formula is C18H19N3O. The molecule has 0 unspecified atom stereocenters. The van der Waals surface area contributed by atoms with Crippen molar-refractivity contribution in [3.05, 3.63) is 64.6 Å². The monoisotopic (exact) mass is 293 g/mol. The second kappa shape index (κ2) is 5.64. The van der Waals surface area contributed by atoms with E-state index < -0.39 is 0 Å². The van der Waals surface area contributed by atoms with Gasteiger partial charge in [-0.05, 0) is 51.1 Å². The third-order valence-corrected chi connectivity index (χ3v) is 3.49. The van der Waals surface area contributed by atoms with Crippen LogP contribution in [-0.4, -0.2) is 15.6 Å². The first kappa shape index (κ1) is 14.3. The standard InChI is InChI=1S/C18H19N3O/c1-12(2)19-14-9-10-17-16(11-14)20-13(3)18(22)21(17)15-7-5-4-6-8-15/h4-12,19H,1-3H3. The van der Waals surface area contributed by atoms with E-state index in [-0.39, 0.29) is 5.56 Å². The van der Waals surface area contributed by atoms with Crippen molar-refractivity contribution in [3.63, 3.8) is 0 Å². The van der Waals surface area contributed by atoms with Crippen LogP contribution in [0, 0.1) is 6.92 Å². The first-order valence-corrected chi connectivity index (χ1v) is 7.41. The zero-order chi connectivity index (χ0) is 15.7. The van der Waals surface area contributed by atoms with Gasteiger partial charge in [-0.15, -0.1) is 0 Å². The molecule has 0 saturated carbocycles. The van der Waals surface area contributed by atoms with E-state index in [1.54, 1.807) is 11.5 Å². The summed E-state index contributed by atoms with van der Waals surface area (Å²) in [5, 5.41) is 3.36. The highest BCUT2D eigenvalue weighted by atomic mass is 16.1. The van der Waals surface area contributed by atoms with Gasteiger partial charge < -0.3 is 5.32 Å². The lowest BCUT2D eigenvalue weighted by Gasteiger charge is -2.14. The van der Waals surface area contributed by atoms with Gasteiger partial charge >= 0.3 is 0 Å². The SMILES string of the molecule is Cc1nc2cc(NC(C)C)ccc2n(-c2ccccc2)c1=O. The van der Waals surface area contributed by atoms with Gasteiger partial charge in [0.1, 0.15) is 5.69 Å². The third-order valence-electron chi connectivity index (χ3n) is 3.49. The van der Waals surface area contributed by atoms with Crippen LogP contribution in [0.5, 0.6) is 0 Å². The lowest BCUT2D eigenvalue weighted by atomic mass is 10.2. The van der Waals surface area contributed by atoms with Crippen LogP contribution in [0.4, 0.5) is 5.69 Å². The van der Waals surface area contributed by atoms with Crippen molar-refractivity contribution in [1.29, 1.82) is 0 Å². The number of nitrogens with zero attached hydrogens (tertiary/aromatic N) is 2. The average molecular weight is 293 g/mol. The van der Waals surface area contributed by atoms with Crippen LogP contribution in [0.25, 0.3) is 16.7 Å². The molecule has 0 aliphatic rings. The molecule has 112 valence electrons. The maximum absolute atomic E-state index is 12.5. The quantitative estimate of drug-likeness (QED) is 0.804. The van der Waals surface area contributed by atoms with Gasteiger partial charge in [-0.1, -0.05) is 18.2 Å². The molecule has 0 radical (unpaired) electrons. The minimum absolute atomic E-state index is 0.0803. The molecule has 2 aromatic carbocycles. The van der Waals surface area contributed by atoms with Crippen LogP contribution >= 0.6 is 0 Å². The van der Waals surface area contributed by atoms with Crippen molar-refractivity contribution in [2.24, 2.45) is 0 Å². The molecule has 22 heavy (non-hydrogen) atoms. The largest absolute Gasteiger partial charge is 0.383 e. The Morgan fingerprint density at radius 1 is 1.09 bits per heavy atom. The third kappa shape index (κ3) is 2.60. The summed E-state index contributed by atoms with van der Waals surface area (Å²) in [6.07, 6.45) is 0. The van der Waals surface area contributed by atoms with E-state index in [0.717, 1.165) is 22.4 Å². The van der Waals surface area contributed by atoms with Crippen molar-refractivity contribution >= 4 is 16.7 Å². The molecule has 0 fully saturated rings. The van der Waals surface area contributed by atoms with Gasteiger partial charge in [0.25, 0.3) is 5.56 Å². The first-order valence-electron chi connectivity index (χ1n) is 7.41. The highest BCUT2D eigenvalue weighted by Crippen LogP contribution is 2.20. The minimum Gasteiger partial charge on any atom is -0.383 e. The summed E-state index contributed by atoms with van der Waals surface area (Å²) in [6.45, 7) is 5.94. The Bertz CT molecular complexity index is 867. The summed E-state index contributed by atoms with van der Waals surface area (Å²) in [5.74, 6) is 0. The van der Waals surface area contributed by atoms with Gasteiger partial charge in [-0.25, -0.2) is 4.98 Å². The van der Waals surface area contributed by atoms with Crippen molar-refractivity contribution < 1.29 is 0 Å². The summed E-state index contributed by atoms with van der Waals surface area (Å²) < 4.78 is 1.72. The maximum Gasteiger partial charge on any atom is 0.277 e. The second-order valence-electron chi connectivity index (χ2n) is 5.68. The van der Waals surface area contributed by atoms with Crippen molar-refractivity contribution in [2.45, 2.75) is 26.8 Å². The molecule has 0 aliphatic heterocycles. The number of aromatic nitrogens is 2. The smallest absolute Gasteiger partial charge is 0.277 e. The molecule has 1 heterocycles. The normalized spacial score (nSPS) is 11.1. The predicted octanol–water partition coefficient (Wildman–Crippen LogP) is 3.51. The van der Waals surface area contributed by atoms with E-state index in [2.05, 4.69) is 24.1 Å². The van der Waals surface area contributed by atoms with Crippen LogP contribution < -0.4 is 10.9 Å². The molecule has 3 aromatic rings. The number of aryl methyl sites for hydroxylation is 1. The molecule has 3 rings (SSSR count). The fraction of sp³-hybridized carbons (Fsp3) is 0.222. The number of para-hydroxylation sites is 1. The van der Waals surface area contributed by atoms with Crippen LogP contribution in [-0.2, 0) is 0 Å². The van der Waals surface area contributed by atoms with Crippen LogP contribution in [0.1, 0.15) is 19.5 Å². The van der Waals surface area contributed by atoms with Crippen molar-refractivity contribution in [3.8, 4) is 5.69 Å². The Labute approximate surface area is 129 Å². The topological polar surface area (TPSA) is 46.9 Å². The Balaban J connectivity index is 2.27. The number of rotatable bonds is 3. The molecule has 1 aromatic heterocycles. The summed E-state index contributed by atoms with van der Waals surface area (Å²) in [4.78, 5) is 17.0. The van der Waals surface area contributed by atoms with E-state index in [0.29, 0.717) is 11.7 Å². The summed E-state index contributed by atoms with van der Waals surface area (Å²) in [5.41, 5.74) is 3.91. The minimum atomic E-state index is -0.0803. The fourth-order valence-electron chi connectivity index (χ4n) is 2.56. The molecule has 4 nitrogen and oxygen atoms in total. The van der Waals surface area contributed by atoms with E-state index in [1.165, 1.54) is 0 Å². The molecule has 0 amide bonds. The van der Waals surface area contributed by atoms with Crippen LogP contribution in [0.15, 0.2) is 53.3 Å². The Morgan fingerprint density at radius 3 is 2.50 bits per heavy atom. The molecular weight excluding hydrogens is 274 g/mol. The first-order chi connectivity index (χ1) is 10.6. The average Bonchev–Trinajstić information content (AvgIpc) is 2.49. The van der Waals surface area contributed by atoms with Crippen LogP contribution in [0.3, 0.4) is 0 Å². The van der Waals surface area contributed by atoms with Gasteiger partial charge in [-0.3, -0.25) is 9.36 Å². The van der Waals surface area contributed by atoms with Gasteiger partial charge in [0.2, 0.25) is 0 Å². The Hall–Kier alpha value is -2.62.